The molecule has 2 N–H and O–H groups in total. The van der Waals surface area contributed by atoms with Gasteiger partial charge in [0.05, 0.1) is 17.8 Å². The number of anilines is 1. The van der Waals surface area contributed by atoms with Crippen LogP contribution in [0, 0.1) is 6.92 Å². The van der Waals surface area contributed by atoms with Crippen molar-refractivity contribution in [3.05, 3.63) is 46.4 Å². The first-order valence-corrected chi connectivity index (χ1v) is 7.58. The Morgan fingerprint density at radius 3 is 2.76 bits per heavy atom. The molecular formula is C16H16BrN3O. The number of nitrogen functional groups attached to an aromatic ring is 1. The Hall–Kier alpha value is -2.01. The SMILES string of the molecule is CCOc1cccc2c1nc(N)n2-c1cccc(Br)c1C. The van der Waals surface area contributed by atoms with Crippen molar-refractivity contribution in [1.82, 2.24) is 9.55 Å². The summed E-state index contributed by atoms with van der Waals surface area (Å²) in [5.74, 6) is 1.21. The molecule has 0 aliphatic heterocycles. The number of nitrogens with zero attached hydrogens (tertiary/aromatic N) is 2. The zero-order valence-corrected chi connectivity index (χ0v) is 13.5. The molecule has 0 amide bonds. The van der Waals surface area contributed by atoms with E-state index in [-0.39, 0.29) is 0 Å². The van der Waals surface area contributed by atoms with E-state index in [9.17, 15) is 0 Å². The number of hydrogen-bond donors (Lipinski definition) is 1. The monoisotopic (exact) mass is 345 g/mol. The van der Waals surface area contributed by atoms with Crippen molar-refractivity contribution in [2.45, 2.75) is 13.8 Å². The fourth-order valence-electron chi connectivity index (χ4n) is 2.45. The highest BCUT2D eigenvalue weighted by Gasteiger charge is 2.15. The van der Waals surface area contributed by atoms with Gasteiger partial charge in [-0.15, -0.1) is 0 Å². The average Bonchev–Trinajstić information content (AvgIpc) is 2.80. The van der Waals surface area contributed by atoms with Crippen molar-refractivity contribution < 1.29 is 4.74 Å². The number of imidazole rings is 1. The second-order valence-electron chi connectivity index (χ2n) is 4.75. The standard InChI is InChI=1S/C16H16BrN3O/c1-3-21-14-9-5-8-13-15(14)19-16(18)20(13)12-7-4-6-11(17)10(12)2/h4-9H,3H2,1-2H3,(H2,18,19). The normalized spacial score (nSPS) is 11.0. The van der Waals surface area contributed by atoms with Crippen molar-refractivity contribution in [1.29, 1.82) is 0 Å². The van der Waals surface area contributed by atoms with Gasteiger partial charge in [0.25, 0.3) is 0 Å². The Morgan fingerprint density at radius 2 is 2.00 bits per heavy atom. The quantitative estimate of drug-likeness (QED) is 0.778. The van der Waals surface area contributed by atoms with Gasteiger partial charge in [0, 0.05) is 4.47 Å². The van der Waals surface area contributed by atoms with Gasteiger partial charge in [-0.05, 0) is 43.7 Å². The Labute approximate surface area is 131 Å². The van der Waals surface area contributed by atoms with Crippen LogP contribution in [0.4, 0.5) is 5.95 Å². The molecule has 108 valence electrons. The summed E-state index contributed by atoms with van der Waals surface area (Å²) in [6, 6.07) is 11.9. The van der Waals surface area contributed by atoms with Crippen molar-refractivity contribution in [3.8, 4) is 11.4 Å². The van der Waals surface area contributed by atoms with E-state index in [0.717, 1.165) is 32.5 Å². The number of para-hydroxylation sites is 1. The average molecular weight is 346 g/mol. The Bertz CT molecular complexity index is 811. The second-order valence-corrected chi connectivity index (χ2v) is 5.60. The van der Waals surface area contributed by atoms with Gasteiger partial charge in [0.1, 0.15) is 11.3 Å². The lowest BCUT2D eigenvalue weighted by atomic mass is 10.2. The van der Waals surface area contributed by atoms with E-state index < -0.39 is 0 Å². The van der Waals surface area contributed by atoms with Crippen LogP contribution < -0.4 is 10.5 Å². The lowest BCUT2D eigenvalue weighted by Crippen LogP contribution is -2.02. The van der Waals surface area contributed by atoms with Crippen LogP contribution >= 0.6 is 15.9 Å². The number of halogens is 1. The topological polar surface area (TPSA) is 53.1 Å². The molecule has 0 spiro atoms. The lowest BCUT2D eigenvalue weighted by Gasteiger charge is -2.11. The zero-order chi connectivity index (χ0) is 15.0. The van der Waals surface area contributed by atoms with Gasteiger partial charge in [0.2, 0.25) is 5.95 Å². The Balaban J connectivity index is 2.31. The molecule has 0 saturated heterocycles. The van der Waals surface area contributed by atoms with Crippen LogP contribution in [0.1, 0.15) is 12.5 Å². The third kappa shape index (κ3) is 2.27. The minimum atomic E-state index is 0.457. The predicted octanol–water partition coefficient (Wildman–Crippen LogP) is 4.08. The maximum absolute atomic E-state index is 6.15. The summed E-state index contributed by atoms with van der Waals surface area (Å²) in [7, 11) is 0. The molecule has 0 aliphatic carbocycles. The van der Waals surface area contributed by atoms with Gasteiger partial charge in [-0.1, -0.05) is 28.1 Å². The van der Waals surface area contributed by atoms with Gasteiger partial charge < -0.3 is 10.5 Å². The highest BCUT2D eigenvalue weighted by Crippen LogP contribution is 2.32. The summed E-state index contributed by atoms with van der Waals surface area (Å²) in [5.41, 5.74) is 10.0. The fraction of sp³-hybridized carbons (Fsp3) is 0.188. The van der Waals surface area contributed by atoms with Crippen LogP contribution in [-0.4, -0.2) is 16.2 Å². The van der Waals surface area contributed by atoms with E-state index in [4.69, 9.17) is 10.5 Å². The fourth-order valence-corrected chi connectivity index (χ4v) is 2.81. The third-order valence-electron chi connectivity index (χ3n) is 3.45. The molecule has 2 aromatic carbocycles. The molecule has 1 aromatic heterocycles. The van der Waals surface area contributed by atoms with E-state index in [2.05, 4.69) is 27.8 Å². The van der Waals surface area contributed by atoms with Crippen molar-refractivity contribution in [2.75, 3.05) is 12.3 Å². The molecule has 0 bridgehead atoms. The van der Waals surface area contributed by atoms with Crippen LogP contribution in [0.3, 0.4) is 0 Å². The number of hydrogen-bond acceptors (Lipinski definition) is 3. The first-order chi connectivity index (χ1) is 10.1. The van der Waals surface area contributed by atoms with Gasteiger partial charge in [-0.25, -0.2) is 4.98 Å². The smallest absolute Gasteiger partial charge is 0.206 e. The van der Waals surface area contributed by atoms with Gasteiger partial charge >= 0.3 is 0 Å². The summed E-state index contributed by atoms with van der Waals surface area (Å²) >= 11 is 3.56. The molecule has 0 atom stereocenters. The van der Waals surface area contributed by atoms with E-state index in [0.29, 0.717) is 12.6 Å². The molecule has 1 heterocycles. The minimum absolute atomic E-state index is 0.457. The second kappa shape index (κ2) is 5.41. The predicted molar refractivity (Wildman–Crippen MR) is 89.1 cm³/mol. The molecule has 5 heteroatoms. The minimum Gasteiger partial charge on any atom is -0.492 e. The van der Waals surface area contributed by atoms with Crippen molar-refractivity contribution >= 4 is 32.9 Å². The maximum atomic E-state index is 6.15. The summed E-state index contributed by atoms with van der Waals surface area (Å²) in [6.07, 6.45) is 0. The van der Waals surface area contributed by atoms with E-state index in [1.54, 1.807) is 0 Å². The van der Waals surface area contributed by atoms with Crippen molar-refractivity contribution in [3.63, 3.8) is 0 Å². The summed E-state index contributed by atoms with van der Waals surface area (Å²) in [5, 5.41) is 0. The van der Waals surface area contributed by atoms with E-state index in [1.807, 2.05) is 47.9 Å². The maximum Gasteiger partial charge on any atom is 0.206 e. The molecule has 0 fully saturated rings. The molecule has 3 rings (SSSR count). The highest BCUT2D eigenvalue weighted by atomic mass is 79.9. The first kappa shape index (κ1) is 13.9. The molecule has 0 unspecified atom stereocenters. The van der Waals surface area contributed by atoms with Gasteiger partial charge in [0.15, 0.2) is 0 Å². The number of aromatic nitrogens is 2. The Kier molecular flexibility index (Phi) is 3.59. The molecule has 21 heavy (non-hydrogen) atoms. The zero-order valence-electron chi connectivity index (χ0n) is 11.9. The lowest BCUT2D eigenvalue weighted by molar-refractivity contribution is 0.344. The number of rotatable bonds is 3. The molecule has 0 saturated carbocycles. The van der Waals surface area contributed by atoms with Gasteiger partial charge in [-0.2, -0.15) is 0 Å². The number of ether oxygens (including phenoxy) is 1. The highest BCUT2D eigenvalue weighted by molar-refractivity contribution is 9.10. The third-order valence-corrected chi connectivity index (χ3v) is 4.31. The van der Waals surface area contributed by atoms with Crippen LogP contribution in [-0.2, 0) is 0 Å². The van der Waals surface area contributed by atoms with Crippen LogP contribution in [0.25, 0.3) is 16.7 Å². The summed E-state index contributed by atoms with van der Waals surface area (Å²) in [6.45, 7) is 4.61. The van der Waals surface area contributed by atoms with Crippen LogP contribution in [0.2, 0.25) is 0 Å². The first-order valence-electron chi connectivity index (χ1n) is 6.78. The largest absolute Gasteiger partial charge is 0.492 e. The van der Waals surface area contributed by atoms with E-state index >= 15 is 0 Å². The molecule has 3 aromatic rings. The number of nitrogens with two attached hydrogens (primary N) is 1. The summed E-state index contributed by atoms with van der Waals surface area (Å²) < 4.78 is 8.64. The molecule has 4 nitrogen and oxygen atoms in total. The van der Waals surface area contributed by atoms with E-state index in [1.165, 1.54) is 0 Å². The van der Waals surface area contributed by atoms with Crippen molar-refractivity contribution in [2.24, 2.45) is 0 Å². The molecule has 0 radical (unpaired) electrons. The molecule has 0 aliphatic rings. The molecular weight excluding hydrogens is 330 g/mol. The number of benzene rings is 2. The number of fused-ring (bicyclic) bond motifs is 1. The van der Waals surface area contributed by atoms with Crippen LogP contribution in [0.5, 0.6) is 5.75 Å². The van der Waals surface area contributed by atoms with Crippen LogP contribution in [0.15, 0.2) is 40.9 Å². The Morgan fingerprint density at radius 1 is 1.24 bits per heavy atom. The van der Waals surface area contributed by atoms with Gasteiger partial charge in [-0.3, -0.25) is 4.57 Å². The summed E-state index contributed by atoms with van der Waals surface area (Å²) in [4.78, 5) is 4.48.